The second-order valence-electron chi connectivity index (χ2n) is 6.28. The van der Waals surface area contributed by atoms with Crippen molar-refractivity contribution in [2.75, 3.05) is 19.7 Å². The Balaban J connectivity index is 1.62. The van der Waals surface area contributed by atoms with E-state index in [0.717, 1.165) is 19.2 Å². The Kier molecular flexibility index (Phi) is 3.42. The molecule has 0 amide bonds. The summed E-state index contributed by atoms with van der Waals surface area (Å²) in [6, 6.07) is 1.16. The first-order valence-electron chi connectivity index (χ1n) is 7.41. The lowest BCUT2D eigenvalue weighted by molar-refractivity contribution is -0.122. The van der Waals surface area contributed by atoms with Crippen molar-refractivity contribution in [2.45, 2.75) is 69.1 Å². The van der Waals surface area contributed by atoms with E-state index in [2.05, 4.69) is 4.90 Å². The molecule has 3 heteroatoms. The summed E-state index contributed by atoms with van der Waals surface area (Å²) in [5.74, 6) is 0. The van der Waals surface area contributed by atoms with E-state index in [4.69, 9.17) is 10.5 Å². The van der Waals surface area contributed by atoms with Crippen LogP contribution in [0.3, 0.4) is 0 Å². The molecule has 2 saturated heterocycles. The molecule has 1 spiro atoms. The van der Waals surface area contributed by atoms with E-state index < -0.39 is 0 Å². The van der Waals surface area contributed by atoms with Crippen molar-refractivity contribution in [2.24, 2.45) is 5.73 Å². The average molecular weight is 238 g/mol. The zero-order chi connectivity index (χ0) is 11.7. The maximum atomic E-state index is 6.17. The molecule has 1 unspecified atom stereocenters. The molecule has 0 bridgehead atoms. The molecule has 3 aliphatic rings. The molecule has 0 aromatic carbocycles. The molecule has 2 atom stereocenters. The van der Waals surface area contributed by atoms with E-state index in [1.807, 2.05) is 0 Å². The zero-order valence-electron chi connectivity index (χ0n) is 10.9. The van der Waals surface area contributed by atoms with E-state index in [0.29, 0.717) is 6.04 Å². The first kappa shape index (κ1) is 11.9. The fourth-order valence-corrected chi connectivity index (χ4v) is 4.01. The van der Waals surface area contributed by atoms with Gasteiger partial charge >= 0.3 is 0 Å². The van der Waals surface area contributed by atoms with Gasteiger partial charge in [0, 0.05) is 31.8 Å². The van der Waals surface area contributed by atoms with Gasteiger partial charge in [-0.2, -0.15) is 0 Å². The third kappa shape index (κ3) is 2.51. The lowest BCUT2D eigenvalue weighted by atomic mass is 9.78. The average Bonchev–Trinajstić information content (AvgIpc) is 2.77. The third-order valence-corrected chi connectivity index (χ3v) is 5.00. The fraction of sp³-hybridized carbons (Fsp3) is 1.00. The highest BCUT2D eigenvalue weighted by atomic mass is 16.5. The van der Waals surface area contributed by atoms with Crippen molar-refractivity contribution < 1.29 is 4.74 Å². The van der Waals surface area contributed by atoms with E-state index in [-0.39, 0.29) is 5.60 Å². The first-order chi connectivity index (χ1) is 8.27. The van der Waals surface area contributed by atoms with E-state index in [1.165, 1.54) is 57.9 Å². The van der Waals surface area contributed by atoms with Crippen LogP contribution in [0, 0.1) is 0 Å². The highest BCUT2D eigenvalue weighted by Crippen LogP contribution is 2.40. The van der Waals surface area contributed by atoms with Crippen LogP contribution < -0.4 is 5.73 Å². The van der Waals surface area contributed by atoms with Gasteiger partial charge in [0.1, 0.15) is 0 Å². The molecule has 2 aliphatic heterocycles. The summed E-state index contributed by atoms with van der Waals surface area (Å²) in [5.41, 5.74) is 6.27. The van der Waals surface area contributed by atoms with Crippen LogP contribution in [0.4, 0.5) is 0 Å². The van der Waals surface area contributed by atoms with Crippen LogP contribution in [-0.2, 0) is 4.74 Å². The number of rotatable bonds is 1. The highest BCUT2D eigenvalue weighted by Gasteiger charge is 2.41. The standard InChI is InChI=1S/C14H26N2O/c15-12-4-8-16(11-12)13-5-9-17-14(10-13)6-2-1-3-7-14/h12-13H,1-11,15H2/t12-,13?/m1/s1. The maximum Gasteiger partial charge on any atom is 0.0697 e. The smallest absolute Gasteiger partial charge is 0.0697 e. The lowest BCUT2D eigenvalue weighted by Crippen LogP contribution is -2.49. The summed E-state index contributed by atoms with van der Waals surface area (Å²) in [5, 5.41) is 0. The van der Waals surface area contributed by atoms with Gasteiger partial charge in [-0.15, -0.1) is 0 Å². The number of hydrogen-bond donors (Lipinski definition) is 1. The summed E-state index contributed by atoms with van der Waals surface area (Å²) in [6.45, 7) is 3.29. The quantitative estimate of drug-likeness (QED) is 0.758. The Labute approximate surface area is 105 Å². The molecule has 98 valence electrons. The van der Waals surface area contributed by atoms with E-state index in [1.54, 1.807) is 0 Å². The van der Waals surface area contributed by atoms with Crippen molar-refractivity contribution in [3.63, 3.8) is 0 Å². The Morgan fingerprint density at radius 1 is 1.12 bits per heavy atom. The van der Waals surface area contributed by atoms with Crippen LogP contribution in [0.15, 0.2) is 0 Å². The number of ether oxygens (including phenoxy) is 1. The van der Waals surface area contributed by atoms with E-state index >= 15 is 0 Å². The predicted molar refractivity (Wildman–Crippen MR) is 69.0 cm³/mol. The van der Waals surface area contributed by atoms with Gasteiger partial charge in [0.15, 0.2) is 0 Å². The van der Waals surface area contributed by atoms with Gasteiger partial charge < -0.3 is 10.5 Å². The van der Waals surface area contributed by atoms with Gasteiger partial charge in [-0.25, -0.2) is 0 Å². The molecule has 2 heterocycles. The number of nitrogens with zero attached hydrogens (tertiary/aromatic N) is 1. The molecule has 3 rings (SSSR count). The lowest BCUT2D eigenvalue weighted by Gasteiger charge is -2.46. The molecule has 3 nitrogen and oxygen atoms in total. The van der Waals surface area contributed by atoms with Crippen LogP contribution in [-0.4, -0.2) is 42.3 Å². The molecule has 1 saturated carbocycles. The van der Waals surface area contributed by atoms with Crippen LogP contribution >= 0.6 is 0 Å². The Hall–Kier alpha value is -0.120. The summed E-state index contributed by atoms with van der Waals surface area (Å²) in [4.78, 5) is 2.63. The minimum absolute atomic E-state index is 0.244. The highest BCUT2D eigenvalue weighted by molar-refractivity contribution is 4.95. The summed E-state index contributed by atoms with van der Waals surface area (Å²) >= 11 is 0. The zero-order valence-corrected chi connectivity index (χ0v) is 10.9. The minimum atomic E-state index is 0.244. The molecule has 2 N–H and O–H groups in total. The largest absolute Gasteiger partial charge is 0.375 e. The molecule has 1 aliphatic carbocycles. The van der Waals surface area contributed by atoms with E-state index in [9.17, 15) is 0 Å². The number of likely N-dealkylation sites (tertiary alicyclic amines) is 1. The molecular formula is C14H26N2O. The predicted octanol–water partition coefficient (Wildman–Crippen LogP) is 1.90. The van der Waals surface area contributed by atoms with Gasteiger partial charge in [-0.05, 0) is 32.1 Å². The molecule has 0 radical (unpaired) electrons. The molecule has 17 heavy (non-hydrogen) atoms. The first-order valence-corrected chi connectivity index (χ1v) is 7.41. The van der Waals surface area contributed by atoms with Crippen molar-refractivity contribution >= 4 is 0 Å². The SMILES string of the molecule is N[C@@H]1CCN(C2CCOC3(CCCCC3)C2)C1. The monoisotopic (exact) mass is 238 g/mol. The maximum absolute atomic E-state index is 6.17. The van der Waals surface area contributed by atoms with Crippen molar-refractivity contribution in [1.82, 2.24) is 4.90 Å². The second kappa shape index (κ2) is 4.87. The molecule has 0 aromatic heterocycles. The molecule has 3 fully saturated rings. The second-order valence-corrected chi connectivity index (χ2v) is 6.28. The van der Waals surface area contributed by atoms with Gasteiger partial charge in [0.25, 0.3) is 0 Å². The van der Waals surface area contributed by atoms with Crippen LogP contribution in [0.25, 0.3) is 0 Å². The third-order valence-electron chi connectivity index (χ3n) is 5.00. The fourth-order valence-electron chi connectivity index (χ4n) is 4.01. The summed E-state index contributed by atoms with van der Waals surface area (Å²) < 4.78 is 6.17. The Morgan fingerprint density at radius 2 is 1.94 bits per heavy atom. The summed E-state index contributed by atoms with van der Waals surface area (Å²) in [7, 11) is 0. The van der Waals surface area contributed by atoms with Gasteiger partial charge in [0.05, 0.1) is 5.60 Å². The van der Waals surface area contributed by atoms with Crippen LogP contribution in [0.1, 0.15) is 51.4 Å². The van der Waals surface area contributed by atoms with Crippen molar-refractivity contribution in [3.05, 3.63) is 0 Å². The Morgan fingerprint density at radius 3 is 2.65 bits per heavy atom. The normalized spacial score (nSPS) is 38.6. The van der Waals surface area contributed by atoms with Gasteiger partial charge in [0.2, 0.25) is 0 Å². The van der Waals surface area contributed by atoms with Crippen molar-refractivity contribution in [1.29, 1.82) is 0 Å². The van der Waals surface area contributed by atoms with Gasteiger partial charge in [-0.1, -0.05) is 19.3 Å². The molecular weight excluding hydrogens is 212 g/mol. The summed E-state index contributed by atoms with van der Waals surface area (Å²) in [6.07, 6.45) is 10.4. The number of nitrogens with two attached hydrogens (primary N) is 1. The van der Waals surface area contributed by atoms with Crippen molar-refractivity contribution in [3.8, 4) is 0 Å². The Bertz CT molecular complexity index is 257. The van der Waals surface area contributed by atoms with Gasteiger partial charge in [-0.3, -0.25) is 4.90 Å². The number of hydrogen-bond acceptors (Lipinski definition) is 3. The molecule has 0 aromatic rings. The van der Waals surface area contributed by atoms with Crippen LogP contribution in [0.2, 0.25) is 0 Å². The minimum Gasteiger partial charge on any atom is -0.375 e. The van der Waals surface area contributed by atoms with Crippen LogP contribution in [0.5, 0.6) is 0 Å². The topological polar surface area (TPSA) is 38.5 Å².